The van der Waals surface area contributed by atoms with Crippen molar-refractivity contribution >= 4 is 23.5 Å². The Hall–Kier alpha value is -0.770. The zero-order valence-corrected chi connectivity index (χ0v) is 9.76. The van der Waals surface area contributed by atoms with Gasteiger partial charge in [0.25, 0.3) is 0 Å². The maximum atomic E-state index is 10.8. The standard InChI is InChI=1S/C7H11ClO4.C2H6/c1-3-11-6(9)5(8)7(10)12-4-2;1-2/h5H,3-4H2,1-2H3;1-2H3. The summed E-state index contributed by atoms with van der Waals surface area (Å²) in [6, 6.07) is 0. The van der Waals surface area contributed by atoms with Crippen LogP contribution in [0.3, 0.4) is 0 Å². The highest BCUT2D eigenvalue weighted by molar-refractivity contribution is 6.39. The molecule has 0 saturated carbocycles. The van der Waals surface area contributed by atoms with Gasteiger partial charge in [0, 0.05) is 0 Å². The van der Waals surface area contributed by atoms with Crippen molar-refractivity contribution in [3.63, 3.8) is 0 Å². The fourth-order valence-electron chi connectivity index (χ4n) is 0.527. The van der Waals surface area contributed by atoms with Crippen molar-refractivity contribution in [1.29, 1.82) is 0 Å². The van der Waals surface area contributed by atoms with Crippen molar-refractivity contribution in [3.05, 3.63) is 0 Å². The van der Waals surface area contributed by atoms with Crippen LogP contribution in [0.1, 0.15) is 27.7 Å². The van der Waals surface area contributed by atoms with Crippen molar-refractivity contribution in [3.8, 4) is 0 Å². The maximum Gasteiger partial charge on any atom is 0.335 e. The first-order chi connectivity index (χ1) is 6.63. The van der Waals surface area contributed by atoms with Gasteiger partial charge in [0.2, 0.25) is 5.38 Å². The summed E-state index contributed by atoms with van der Waals surface area (Å²) in [5.74, 6) is -1.53. The van der Waals surface area contributed by atoms with E-state index in [0.29, 0.717) is 0 Å². The minimum absolute atomic E-state index is 0.196. The summed E-state index contributed by atoms with van der Waals surface area (Å²) < 4.78 is 9.00. The topological polar surface area (TPSA) is 52.6 Å². The Morgan fingerprint density at radius 1 is 1.07 bits per heavy atom. The zero-order valence-electron chi connectivity index (χ0n) is 9.00. The Morgan fingerprint density at radius 2 is 1.36 bits per heavy atom. The van der Waals surface area contributed by atoms with Crippen LogP contribution >= 0.6 is 11.6 Å². The molecule has 0 aliphatic carbocycles. The van der Waals surface area contributed by atoms with E-state index in [0.717, 1.165) is 0 Å². The second kappa shape index (κ2) is 10.3. The molecule has 0 aliphatic rings. The van der Waals surface area contributed by atoms with E-state index >= 15 is 0 Å². The first-order valence-corrected chi connectivity index (χ1v) is 5.04. The minimum atomic E-state index is -1.34. The number of hydrogen-bond acceptors (Lipinski definition) is 4. The van der Waals surface area contributed by atoms with E-state index in [4.69, 9.17) is 11.6 Å². The van der Waals surface area contributed by atoms with Crippen LogP contribution in [0.4, 0.5) is 0 Å². The van der Waals surface area contributed by atoms with Crippen molar-refractivity contribution < 1.29 is 19.1 Å². The lowest BCUT2D eigenvalue weighted by Crippen LogP contribution is -2.28. The van der Waals surface area contributed by atoms with Gasteiger partial charge >= 0.3 is 11.9 Å². The summed E-state index contributed by atoms with van der Waals surface area (Å²) in [6.45, 7) is 7.66. The third-order valence-electron chi connectivity index (χ3n) is 0.987. The van der Waals surface area contributed by atoms with Gasteiger partial charge in [-0.1, -0.05) is 25.4 Å². The molecule has 0 fully saturated rings. The normalized spacial score (nSPS) is 8.71. The Bertz CT molecular complexity index is 152. The molecule has 0 spiro atoms. The zero-order chi connectivity index (χ0) is 11.6. The molecule has 0 atom stereocenters. The second-order valence-electron chi connectivity index (χ2n) is 1.87. The Balaban J connectivity index is 0. The average molecular weight is 225 g/mol. The Morgan fingerprint density at radius 3 is 1.57 bits per heavy atom. The van der Waals surface area contributed by atoms with Crippen LogP contribution in [0.2, 0.25) is 0 Å². The Kier molecular flexibility index (Phi) is 11.6. The molecule has 5 heteroatoms. The van der Waals surface area contributed by atoms with Crippen LogP contribution in [0.15, 0.2) is 0 Å². The number of esters is 2. The second-order valence-corrected chi connectivity index (χ2v) is 2.30. The van der Waals surface area contributed by atoms with Gasteiger partial charge in [-0.15, -0.1) is 0 Å². The molecule has 0 saturated heterocycles. The molecule has 0 radical (unpaired) electrons. The van der Waals surface area contributed by atoms with Crippen molar-refractivity contribution in [2.24, 2.45) is 0 Å². The predicted octanol–water partition coefficient (Wildman–Crippen LogP) is 1.75. The van der Waals surface area contributed by atoms with E-state index < -0.39 is 17.3 Å². The largest absolute Gasteiger partial charge is 0.464 e. The van der Waals surface area contributed by atoms with Gasteiger partial charge in [-0.3, -0.25) is 0 Å². The van der Waals surface area contributed by atoms with E-state index in [1.54, 1.807) is 13.8 Å². The lowest BCUT2D eigenvalue weighted by Gasteiger charge is -2.06. The van der Waals surface area contributed by atoms with Crippen LogP contribution in [0.25, 0.3) is 0 Å². The SMILES string of the molecule is CC.CCOC(=O)C(Cl)C(=O)OCC. The molecule has 0 aliphatic heterocycles. The van der Waals surface area contributed by atoms with Gasteiger partial charge in [0.1, 0.15) is 0 Å². The average Bonchev–Trinajstić information content (AvgIpc) is 2.20. The van der Waals surface area contributed by atoms with Gasteiger partial charge < -0.3 is 9.47 Å². The third-order valence-corrected chi connectivity index (χ3v) is 1.34. The first-order valence-electron chi connectivity index (χ1n) is 4.60. The number of alkyl halides is 1. The molecule has 4 nitrogen and oxygen atoms in total. The van der Waals surface area contributed by atoms with E-state index in [9.17, 15) is 9.59 Å². The van der Waals surface area contributed by atoms with Crippen molar-refractivity contribution in [1.82, 2.24) is 0 Å². The molecule has 0 unspecified atom stereocenters. The van der Waals surface area contributed by atoms with Crippen LogP contribution in [0.5, 0.6) is 0 Å². The van der Waals surface area contributed by atoms with Crippen molar-refractivity contribution in [2.45, 2.75) is 33.1 Å². The number of halogens is 1. The molecule has 0 aromatic carbocycles. The van der Waals surface area contributed by atoms with Crippen LogP contribution in [-0.4, -0.2) is 30.5 Å². The number of rotatable bonds is 4. The molecule has 0 heterocycles. The van der Waals surface area contributed by atoms with Crippen LogP contribution in [-0.2, 0) is 19.1 Å². The minimum Gasteiger partial charge on any atom is -0.464 e. The van der Waals surface area contributed by atoms with Gasteiger partial charge in [0.05, 0.1) is 13.2 Å². The number of ether oxygens (including phenoxy) is 2. The molecule has 14 heavy (non-hydrogen) atoms. The number of hydrogen-bond donors (Lipinski definition) is 0. The van der Waals surface area contributed by atoms with Gasteiger partial charge in [-0.2, -0.15) is 0 Å². The molecule has 0 aromatic rings. The molecule has 0 rings (SSSR count). The summed E-state index contributed by atoms with van der Waals surface area (Å²) in [4.78, 5) is 21.6. The van der Waals surface area contributed by atoms with E-state index in [2.05, 4.69) is 9.47 Å². The van der Waals surface area contributed by atoms with Crippen LogP contribution < -0.4 is 0 Å². The molecule has 0 aromatic heterocycles. The fraction of sp³-hybridized carbons (Fsp3) is 0.778. The molecule has 0 N–H and O–H groups in total. The van der Waals surface area contributed by atoms with E-state index in [1.165, 1.54) is 0 Å². The predicted molar refractivity (Wildman–Crippen MR) is 54.3 cm³/mol. The summed E-state index contributed by atoms with van der Waals surface area (Å²) in [5.41, 5.74) is 0. The summed E-state index contributed by atoms with van der Waals surface area (Å²) in [6.07, 6.45) is 0. The Labute approximate surface area is 89.5 Å². The number of carbonyl (C=O) groups excluding carboxylic acids is 2. The highest BCUT2D eigenvalue weighted by atomic mass is 35.5. The smallest absolute Gasteiger partial charge is 0.335 e. The summed E-state index contributed by atoms with van der Waals surface area (Å²) in [5, 5.41) is -1.34. The highest BCUT2D eigenvalue weighted by Gasteiger charge is 2.26. The van der Waals surface area contributed by atoms with Crippen molar-refractivity contribution in [2.75, 3.05) is 13.2 Å². The lowest BCUT2D eigenvalue weighted by molar-refractivity contribution is -0.153. The molecular weight excluding hydrogens is 208 g/mol. The monoisotopic (exact) mass is 224 g/mol. The van der Waals surface area contributed by atoms with Gasteiger partial charge in [-0.05, 0) is 13.8 Å². The molecule has 84 valence electrons. The fourth-order valence-corrected chi connectivity index (χ4v) is 0.653. The summed E-state index contributed by atoms with van der Waals surface area (Å²) >= 11 is 5.39. The molecule has 0 bridgehead atoms. The lowest BCUT2D eigenvalue weighted by atomic mass is 10.4. The van der Waals surface area contributed by atoms with Gasteiger partial charge in [-0.25, -0.2) is 9.59 Å². The molecular formula is C9H17ClO4. The van der Waals surface area contributed by atoms with E-state index in [1.807, 2.05) is 13.8 Å². The maximum absolute atomic E-state index is 10.8. The highest BCUT2D eigenvalue weighted by Crippen LogP contribution is 2.01. The first kappa shape index (κ1) is 15.7. The van der Waals surface area contributed by atoms with Gasteiger partial charge in [0.15, 0.2) is 0 Å². The molecule has 0 amide bonds. The van der Waals surface area contributed by atoms with E-state index in [-0.39, 0.29) is 13.2 Å². The quantitative estimate of drug-likeness (QED) is 0.415. The number of carbonyl (C=O) groups is 2. The van der Waals surface area contributed by atoms with Crippen LogP contribution in [0, 0.1) is 0 Å². The summed E-state index contributed by atoms with van der Waals surface area (Å²) in [7, 11) is 0. The third kappa shape index (κ3) is 6.71.